The van der Waals surface area contributed by atoms with Crippen LogP contribution in [-0.2, 0) is 9.59 Å². The molecule has 0 bridgehead atoms. The second kappa shape index (κ2) is 7.17. The van der Waals surface area contributed by atoms with Crippen LogP contribution in [0.15, 0.2) is 18.2 Å². The molecule has 0 fully saturated rings. The normalized spacial score (nSPS) is 9.90. The van der Waals surface area contributed by atoms with Crippen molar-refractivity contribution >= 4 is 17.8 Å². The van der Waals surface area contributed by atoms with Crippen molar-refractivity contribution in [2.75, 3.05) is 13.1 Å². The third kappa shape index (κ3) is 5.01. The van der Waals surface area contributed by atoms with Crippen LogP contribution in [0, 0.1) is 11.6 Å². The van der Waals surface area contributed by atoms with E-state index in [0.29, 0.717) is 6.07 Å². The van der Waals surface area contributed by atoms with Crippen LogP contribution in [0.1, 0.15) is 16.8 Å². The van der Waals surface area contributed by atoms with Gasteiger partial charge in [-0.1, -0.05) is 0 Å². The van der Waals surface area contributed by atoms with Crippen molar-refractivity contribution in [3.8, 4) is 0 Å². The molecule has 2 amide bonds. The maximum atomic E-state index is 12.9. The zero-order valence-corrected chi connectivity index (χ0v) is 10.3. The summed E-state index contributed by atoms with van der Waals surface area (Å²) in [7, 11) is 0. The Morgan fingerprint density at radius 3 is 2.40 bits per heavy atom. The van der Waals surface area contributed by atoms with Gasteiger partial charge >= 0.3 is 5.97 Å². The Hall–Kier alpha value is -2.51. The van der Waals surface area contributed by atoms with Gasteiger partial charge < -0.3 is 15.7 Å². The Labute approximate surface area is 112 Å². The average Bonchev–Trinajstić information content (AvgIpc) is 2.38. The zero-order valence-electron chi connectivity index (χ0n) is 10.3. The van der Waals surface area contributed by atoms with Crippen molar-refractivity contribution in [2.45, 2.75) is 6.42 Å². The monoisotopic (exact) mass is 286 g/mol. The Balaban J connectivity index is 2.41. The number of carboxylic acid groups (broad SMARTS) is 1. The van der Waals surface area contributed by atoms with Gasteiger partial charge in [0.1, 0.15) is 0 Å². The molecule has 1 aromatic carbocycles. The van der Waals surface area contributed by atoms with E-state index >= 15 is 0 Å². The third-order valence-corrected chi connectivity index (χ3v) is 2.25. The minimum Gasteiger partial charge on any atom is -0.481 e. The van der Waals surface area contributed by atoms with E-state index in [2.05, 4.69) is 10.6 Å². The average molecular weight is 286 g/mol. The predicted molar refractivity (Wildman–Crippen MR) is 64.0 cm³/mol. The molecule has 0 aliphatic carbocycles. The number of rotatable bonds is 6. The lowest BCUT2D eigenvalue weighted by Gasteiger charge is -2.06. The van der Waals surface area contributed by atoms with E-state index in [0.717, 1.165) is 12.1 Å². The van der Waals surface area contributed by atoms with Crippen LogP contribution in [0.3, 0.4) is 0 Å². The maximum absolute atomic E-state index is 12.9. The van der Waals surface area contributed by atoms with E-state index in [4.69, 9.17) is 5.11 Å². The standard InChI is InChI=1S/C12H12F2N2O4/c13-8-2-1-7(5-9(8)14)12(20)16-6-10(17)15-4-3-11(18)19/h1-2,5H,3-4,6H2,(H,15,17)(H,16,20)(H,18,19). The predicted octanol–water partition coefficient (Wildman–Crippen LogP) is 0.286. The van der Waals surface area contributed by atoms with Gasteiger partial charge in [0.05, 0.1) is 13.0 Å². The van der Waals surface area contributed by atoms with Crippen LogP contribution in [0.2, 0.25) is 0 Å². The van der Waals surface area contributed by atoms with E-state index in [9.17, 15) is 23.2 Å². The highest BCUT2D eigenvalue weighted by Gasteiger charge is 2.11. The number of halogens is 2. The van der Waals surface area contributed by atoms with Crippen molar-refractivity contribution in [2.24, 2.45) is 0 Å². The van der Waals surface area contributed by atoms with Crippen LogP contribution in [0.4, 0.5) is 8.78 Å². The Morgan fingerprint density at radius 1 is 1.10 bits per heavy atom. The van der Waals surface area contributed by atoms with Gasteiger partial charge in [0.15, 0.2) is 11.6 Å². The highest BCUT2D eigenvalue weighted by Crippen LogP contribution is 2.08. The fourth-order valence-corrected chi connectivity index (χ4v) is 1.27. The molecule has 0 spiro atoms. The molecule has 0 aliphatic rings. The second-order valence-electron chi connectivity index (χ2n) is 3.81. The lowest BCUT2D eigenvalue weighted by molar-refractivity contribution is -0.136. The summed E-state index contributed by atoms with van der Waals surface area (Å²) in [4.78, 5) is 33.0. The summed E-state index contributed by atoms with van der Waals surface area (Å²) in [6.07, 6.45) is -0.233. The fraction of sp³-hybridized carbons (Fsp3) is 0.250. The molecular formula is C12H12F2N2O4. The van der Waals surface area contributed by atoms with Crippen molar-refractivity contribution < 1.29 is 28.3 Å². The van der Waals surface area contributed by atoms with E-state index < -0.39 is 36.0 Å². The van der Waals surface area contributed by atoms with E-state index in [1.54, 1.807) is 0 Å². The number of hydrogen-bond acceptors (Lipinski definition) is 3. The molecule has 0 unspecified atom stereocenters. The molecule has 0 saturated heterocycles. The van der Waals surface area contributed by atoms with Gasteiger partial charge in [0, 0.05) is 12.1 Å². The van der Waals surface area contributed by atoms with Crippen LogP contribution in [0.25, 0.3) is 0 Å². The summed E-state index contributed by atoms with van der Waals surface area (Å²) >= 11 is 0. The molecule has 20 heavy (non-hydrogen) atoms. The van der Waals surface area contributed by atoms with Gasteiger partial charge in [-0.2, -0.15) is 0 Å². The topological polar surface area (TPSA) is 95.5 Å². The number of benzene rings is 1. The molecular weight excluding hydrogens is 274 g/mol. The number of carbonyl (C=O) groups is 3. The minimum atomic E-state index is -1.16. The number of aliphatic carboxylic acids is 1. The first-order chi connectivity index (χ1) is 9.40. The molecule has 0 atom stereocenters. The van der Waals surface area contributed by atoms with Crippen molar-refractivity contribution in [3.05, 3.63) is 35.4 Å². The van der Waals surface area contributed by atoms with Gasteiger partial charge in [-0.3, -0.25) is 14.4 Å². The Kier molecular flexibility index (Phi) is 5.57. The molecule has 0 radical (unpaired) electrons. The molecule has 1 rings (SSSR count). The molecule has 108 valence electrons. The van der Waals surface area contributed by atoms with Gasteiger partial charge in [-0.15, -0.1) is 0 Å². The number of nitrogens with one attached hydrogen (secondary N) is 2. The summed E-state index contributed by atoms with van der Waals surface area (Å²) in [6.45, 7) is -0.452. The van der Waals surface area contributed by atoms with Gasteiger partial charge in [0.2, 0.25) is 5.91 Å². The quantitative estimate of drug-likeness (QED) is 0.700. The molecule has 0 saturated carbocycles. The molecule has 3 N–H and O–H groups in total. The highest BCUT2D eigenvalue weighted by molar-refractivity contribution is 5.96. The van der Waals surface area contributed by atoms with Crippen LogP contribution in [0.5, 0.6) is 0 Å². The number of amides is 2. The van der Waals surface area contributed by atoms with Crippen LogP contribution in [-0.4, -0.2) is 36.0 Å². The third-order valence-electron chi connectivity index (χ3n) is 2.25. The van der Waals surface area contributed by atoms with Crippen molar-refractivity contribution in [1.29, 1.82) is 0 Å². The van der Waals surface area contributed by atoms with Crippen molar-refractivity contribution in [3.63, 3.8) is 0 Å². The lowest BCUT2D eigenvalue weighted by Crippen LogP contribution is -2.37. The molecule has 6 nitrogen and oxygen atoms in total. The summed E-state index contributed by atoms with van der Waals surface area (Å²) in [6, 6.07) is 2.60. The largest absolute Gasteiger partial charge is 0.481 e. The smallest absolute Gasteiger partial charge is 0.305 e. The summed E-state index contributed by atoms with van der Waals surface area (Å²) < 4.78 is 25.6. The van der Waals surface area contributed by atoms with Gasteiger partial charge in [-0.05, 0) is 18.2 Å². The number of hydrogen-bond donors (Lipinski definition) is 3. The molecule has 8 heteroatoms. The summed E-state index contributed by atoms with van der Waals surface area (Å²) in [5, 5.41) is 12.8. The second-order valence-corrected chi connectivity index (χ2v) is 3.81. The molecule has 0 aromatic heterocycles. The summed E-state index contributed by atoms with van der Waals surface area (Å²) in [5.41, 5.74) is -0.123. The summed E-state index contributed by atoms with van der Waals surface area (Å²) in [5.74, 6) is -4.62. The van der Waals surface area contributed by atoms with Crippen molar-refractivity contribution in [1.82, 2.24) is 10.6 Å². The Bertz CT molecular complexity index is 534. The molecule has 0 aliphatic heterocycles. The lowest BCUT2D eigenvalue weighted by atomic mass is 10.2. The minimum absolute atomic E-state index is 0.0603. The first-order valence-electron chi connectivity index (χ1n) is 5.62. The van der Waals surface area contributed by atoms with E-state index in [-0.39, 0.29) is 18.5 Å². The van der Waals surface area contributed by atoms with E-state index in [1.165, 1.54) is 0 Å². The molecule has 1 aromatic rings. The first-order valence-corrected chi connectivity index (χ1v) is 5.62. The molecule has 0 heterocycles. The number of carbonyl (C=O) groups excluding carboxylic acids is 2. The van der Waals surface area contributed by atoms with E-state index in [1.807, 2.05) is 0 Å². The van der Waals surface area contributed by atoms with Crippen LogP contribution >= 0.6 is 0 Å². The SMILES string of the molecule is O=C(O)CCNC(=O)CNC(=O)c1ccc(F)c(F)c1. The maximum Gasteiger partial charge on any atom is 0.305 e. The highest BCUT2D eigenvalue weighted by atomic mass is 19.2. The Morgan fingerprint density at radius 2 is 1.80 bits per heavy atom. The van der Waals surface area contributed by atoms with Gasteiger partial charge in [0.25, 0.3) is 5.91 Å². The zero-order chi connectivity index (χ0) is 15.1. The fourth-order valence-electron chi connectivity index (χ4n) is 1.27. The van der Waals surface area contributed by atoms with Gasteiger partial charge in [-0.25, -0.2) is 8.78 Å². The van der Waals surface area contributed by atoms with Crippen LogP contribution < -0.4 is 10.6 Å². The first kappa shape index (κ1) is 15.5. The number of carboxylic acids is 1.